The molecule has 5 nitrogen and oxygen atoms in total. The van der Waals surface area contributed by atoms with Crippen LogP contribution in [0.3, 0.4) is 0 Å². The van der Waals surface area contributed by atoms with Gasteiger partial charge in [-0.3, -0.25) is 4.79 Å². The van der Waals surface area contributed by atoms with Crippen molar-refractivity contribution in [3.05, 3.63) is 87.6 Å². The quantitative estimate of drug-likeness (QED) is 0.336. The van der Waals surface area contributed by atoms with Gasteiger partial charge in [-0.25, -0.2) is 13.8 Å². The van der Waals surface area contributed by atoms with E-state index in [0.29, 0.717) is 24.2 Å². The molecule has 1 aromatic heterocycles. The van der Waals surface area contributed by atoms with Gasteiger partial charge in [0.25, 0.3) is 0 Å². The van der Waals surface area contributed by atoms with E-state index in [4.69, 9.17) is 5.10 Å². The molecule has 0 saturated carbocycles. The molecule has 8 heteroatoms. The molecule has 1 aliphatic heterocycles. The van der Waals surface area contributed by atoms with Crippen LogP contribution in [0.2, 0.25) is 0 Å². The van der Waals surface area contributed by atoms with Gasteiger partial charge in [0.1, 0.15) is 11.6 Å². The number of aliphatic hydroxyl groups excluding tert-OH is 1. The summed E-state index contributed by atoms with van der Waals surface area (Å²) in [5, 5.41) is 22.8. The fraction of sp³-hybridized carbons (Fsp3) is 0.379. The third-order valence-corrected chi connectivity index (χ3v) is 7.74. The smallest absolute Gasteiger partial charge is 0.248 e. The predicted octanol–water partition coefficient (Wildman–Crippen LogP) is 6.02. The molecule has 196 valence electrons. The second-order valence-corrected chi connectivity index (χ2v) is 11.4. The Hall–Kier alpha value is -3.10. The minimum Gasteiger partial charge on any atom is -0.396 e. The average molecular weight is 526 g/mol. The van der Waals surface area contributed by atoms with Crippen LogP contribution in [0, 0.1) is 24.0 Å². The number of carbonyl (C=O) groups excluding carboxylic acids is 1. The number of hydrogen-bond donors (Lipinski definition) is 2. The zero-order valence-electron chi connectivity index (χ0n) is 21.6. The number of benzene rings is 2. The Morgan fingerprint density at radius 1 is 1.19 bits per heavy atom. The largest absolute Gasteiger partial charge is 0.396 e. The normalized spacial score (nSPS) is 19.7. The van der Waals surface area contributed by atoms with Gasteiger partial charge in [0.2, 0.25) is 5.91 Å². The van der Waals surface area contributed by atoms with E-state index in [2.05, 4.69) is 5.32 Å². The molecule has 0 saturated heterocycles. The summed E-state index contributed by atoms with van der Waals surface area (Å²) in [5.74, 6) is -1.66. The number of aliphatic hydroxyl groups is 1. The van der Waals surface area contributed by atoms with E-state index in [9.17, 15) is 14.3 Å². The monoisotopic (exact) mass is 525 g/mol. The number of thiophene rings is 1. The lowest BCUT2D eigenvalue weighted by Crippen LogP contribution is -2.57. The van der Waals surface area contributed by atoms with Gasteiger partial charge < -0.3 is 10.4 Å². The van der Waals surface area contributed by atoms with Crippen molar-refractivity contribution in [1.29, 1.82) is 0 Å². The molecule has 0 spiro atoms. The summed E-state index contributed by atoms with van der Waals surface area (Å²) in [4.78, 5) is 14.0. The number of anilines is 1. The van der Waals surface area contributed by atoms with Gasteiger partial charge in [-0.05, 0) is 89.9 Å². The van der Waals surface area contributed by atoms with Gasteiger partial charge in [0.15, 0.2) is 5.54 Å². The van der Waals surface area contributed by atoms with Crippen molar-refractivity contribution in [3.63, 3.8) is 0 Å². The molecule has 0 fully saturated rings. The van der Waals surface area contributed by atoms with Crippen molar-refractivity contribution >= 4 is 28.6 Å². The summed E-state index contributed by atoms with van der Waals surface area (Å²) in [6.45, 7) is 8.01. The molecule has 0 bridgehead atoms. The summed E-state index contributed by atoms with van der Waals surface area (Å²) >= 11 is 1.50. The van der Waals surface area contributed by atoms with Crippen LogP contribution in [0.25, 0.3) is 0 Å². The Balaban J connectivity index is 1.78. The van der Waals surface area contributed by atoms with Crippen LogP contribution in [0.15, 0.2) is 64.4 Å². The van der Waals surface area contributed by atoms with Crippen molar-refractivity contribution in [2.75, 3.05) is 18.2 Å². The van der Waals surface area contributed by atoms with Gasteiger partial charge in [-0.1, -0.05) is 32.0 Å². The first-order valence-corrected chi connectivity index (χ1v) is 13.3. The molecule has 2 N–H and O–H groups in total. The molecule has 0 aliphatic carbocycles. The van der Waals surface area contributed by atoms with Gasteiger partial charge in [0.05, 0.1) is 17.3 Å². The van der Waals surface area contributed by atoms with Crippen LogP contribution in [0.1, 0.15) is 56.2 Å². The molecule has 2 heterocycles. The molecule has 4 rings (SSSR count). The van der Waals surface area contributed by atoms with Crippen LogP contribution >= 0.6 is 11.3 Å². The number of amides is 1. The second-order valence-electron chi connectivity index (χ2n) is 10.6. The minimum atomic E-state index is -1.30. The van der Waals surface area contributed by atoms with Crippen LogP contribution in [-0.4, -0.2) is 35.4 Å². The topological polar surface area (TPSA) is 64.9 Å². The Kier molecular flexibility index (Phi) is 7.80. The third kappa shape index (κ3) is 5.45. The number of nitrogens with zero attached hydrogens (tertiary/aromatic N) is 2. The lowest BCUT2D eigenvalue weighted by molar-refractivity contribution is -0.126. The lowest BCUT2D eigenvalue weighted by atomic mass is 9.76. The van der Waals surface area contributed by atoms with E-state index in [1.54, 1.807) is 38.1 Å². The van der Waals surface area contributed by atoms with E-state index >= 15 is 4.39 Å². The van der Waals surface area contributed by atoms with Crippen molar-refractivity contribution in [3.8, 4) is 0 Å². The van der Waals surface area contributed by atoms with Crippen molar-refractivity contribution in [2.45, 2.75) is 52.0 Å². The van der Waals surface area contributed by atoms with Crippen molar-refractivity contribution in [1.82, 2.24) is 5.32 Å². The molecule has 0 radical (unpaired) electrons. The summed E-state index contributed by atoms with van der Waals surface area (Å²) in [6, 6.07) is 12.8. The predicted molar refractivity (Wildman–Crippen MR) is 145 cm³/mol. The third-order valence-electron chi connectivity index (χ3n) is 7.03. The molecular formula is C29H33F2N3O2S. The first-order chi connectivity index (χ1) is 17.6. The SMILES string of the molecule is Cc1ccc(N2N=C(c3ccc(F)cc3)C(c3ccsc3)C2(C)C(=O)NCCCC(C)(C)CO)c(F)c1. The van der Waals surface area contributed by atoms with E-state index in [1.807, 2.05) is 30.7 Å². The van der Waals surface area contributed by atoms with Crippen LogP contribution < -0.4 is 10.3 Å². The summed E-state index contributed by atoms with van der Waals surface area (Å²) in [5.41, 5.74) is 1.53. The molecule has 37 heavy (non-hydrogen) atoms. The number of aryl methyl sites for hydroxylation is 1. The number of rotatable bonds is 9. The fourth-order valence-electron chi connectivity index (χ4n) is 4.77. The molecule has 1 amide bonds. The average Bonchev–Trinajstić information content (AvgIpc) is 3.49. The molecule has 2 unspecified atom stereocenters. The molecular weight excluding hydrogens is 492 g/mol. The zero-order valence-corrected chi connectivity index (χ0v) is 22.4. The maximum atomic E-state index is 15.3. The van der Waals surface area contributed by atoms with E-state index in [-0.39, 0.29) is 29.4 Å². The van der Waals surface area contributed by atoms with E-state index in [1.165, 1.54) is 34.5 Å². The van der Waals surface area contributed by atoms with Crippen molar-refractivity contribution < 1.29 is 18.7 Å². The highest BCUT2D eigenvalue weighted by Crippen LogP contribution is 2.46. The Labute approximate surface area is 220 Å². The standard InChI is InChI=1S/C29H33F2N3O2S/c1-19-6-11-24(23(31)16-19)34-29(4,27(36)32-14-5-13-28(2,3)18-35)25(21-12-15-37-17-21)26(33-34)20-7-9-22(30)10-8-20/h6-12,15-17,25,35H,5,13-14,18H2,1-4H3,(H,32,36). The Bertz CT molecular complexity index is 1270. The highest BCUT2D eigenvalue weighted by atomic mass is 32.1. The maximum absolute atomic E-state index is 15.3. The van der Waals surface area contributed by atoms with Gasteiger partial charge in [-0.15, -0.1) is 0 Å². The number of nitrogens with one attached hydrogen (secondary N) is 1. The fourth-order valence-corrected chi connectivity index (χ4v) is 5.45. The van der Waals surface area contributed by atoms with Crippen molar-refractivity contribution in [2.24, 2.45) is 10.5 Å². The first-order valence-electron chi connectivity index (χ1n) is 12.4. The zero-order chi connectivity index (χ0) is 26.8. The second kappa shape index (κ2) is 10.7. The van der Waals surface area contributed by atoms with Gasteiger partial charge in [-0.2, -0.15) is 16.4 Å². The molecule has 2 aromatic carbocycles. The molecule has 1 aliphatic rings. The Morgan fingerprint density at radius 3 is 2.54 bits per heavy atom. The number of hydrogen-bond acceptors (Lipinski definition) is 5. The van der Waals surface area contributed by atoms with Gasteiger partial charge in [0, 0.05) is 13.2 Å². The van der Waals surface area contributed by atoms with Gasteiger partial charge >= 0.3 is 0 Å². The number of hydrazone groups is 1. The van der Waals surface area contributed by atoms with Crippen LogP contribution in [0.5, 0.6) is 0 Å². The highest BCUT2D eigenvalue weighted by Gasteiger charge is 2.55. The van der Waals surface area contributed by atoms with Crippen LogP contribution in [0.4, 0.5) is 14.5 Å². The number of carbonyl (C=O) groups is 1. The summed E-state index contributed by atoms with van der Waals surface area (Å²) in [7, 11) is 0. The van der Waals surface area contributed by atoms with Crippen LogP contribution in [-0.2, 0) is 4.79 Å². The summed E-state index contributed by atoms with van der Waals surface area (Å²) < 4.78 is 29.1. The first kappa shape index (κ1) is 26.9. The number of halogens is 2. The minimum absolute atomic E-state index is 0.0637. The molecule has 3 aromatic rings. The van der Waals surface area contributed by atoms with E-state index < -0.39 is 17.3 Å². The highest BCUT2D eigenvalue weighted by molar-refractivity contribution is 7.08. The molecule has 2 atom stereocenters. The Morgan fingerprint density at radius 2 is 1.92 bits per heavy atom. The van der Waals surface area contributed by atoms with E-state index in [0.717, 1.165) is 17.5 Å². The summed E-state index contributed by atoms with van der Waals surface area (Å²) in [6.07, 6.45) is 1.42. The lowest BCUT2D eigenvalue weighted by Gasteiger charge is -2.37. The maximum Gasteiger partial charge on any atom is 0.248 e.